The second-order valence-electron chi connectivity index (χ2n) is 4.75. The van der Waals surface area contributed by atoms with Crippen molar-refractivity contribution in [2.45, 2.75) is 13.8 Å². The molecule has 0 atom stereocenters. The summed E-state index contributed by atoms with van der Waals surface area (Å²) in [5, 5.41) is 5.60. The van der Waals surface area contributed by atoms with Crippen molar-refractivity contribution < 1.29 is 9.53 Å². The van der Waals surface area contributed by atoms with E-state index < -0.39 is 0 Å². The monoisotopic (exact) mass is 285 g/mol. The van der Waals surface area contributed by atoms with E-state index in [1.807, 2.05) is 38.1 Å². The number of amides is 2. The van der Waals surface area contributed by atoms with E-state index in [-0.39, 0.29) is 6.03 Å². The Labute approximate surface area is 124 Å². The molecule has 110 valence electrons. The Morgan fingerprint density at radius 2 is 1.81 bits per heavy atom. The molecule has 0 aromatic heterocycles. The third-order valence-corrected chi connectivity index (χ3v) is 3.31. The molecule has 0 unspecified atom stereocenters. The van der Waals surface area contributed by atoms with Gasteiger partial charge in [0.15, 0.2) is 0 Å². The van der Waals surface area contributed by atoms with Gasteiger partial charge in [0.25, 0.3) is 0 Å². The molecule has 2 amide bonds. The molecule has 5 nitrogen and oxygen atoms in total. The van der Waals surface area contributed by atoms with Gasteiger partial charge in [0.2, 0.25) is 0 Å². The maximum atomic E-state index is 12.1. The van der Waals surface area contributed by atoms with Crippen LogP contribution in [0.15, 0.2) is 36.4 Å². The number of hydrogen-bond acceptors (Lipinski definition) is 3. The Morgan fingerprint density at radius 3 is 2.52 bits per heavy atom. The van der Waals surface area contributed by atoms with E-state index in [4.69, 9.17) is 10.5 Å². The molecule has 21 heavy (non-hydrogen) atoms. The van der Waals surface area contributed by atoms with Gasteiger partial charge in [-0.05, 0) is 43.2 Å². The smallest absolute Gasteiger partial charge is 0.323 e. The van der Waals surface area contributed by atoms with Crippen molar-refractivity contribution in [1.29, 1.82) is 0 Å². The largest absolute Gasteiger partial charge is 0.495 e. The minimum atomic E-state index is -0.337. The lowest BCUT2D eigenvalue weighted by Gasteiger charge is -2.15. The minimum Gasteiger partial charge on any atom is -0.495 e. The summed E-state index contributed by atoms with van der Waals surface area (Å²) in [6.45, 7) is 3.80. The molecule has 2 rings (SSSR count). The Kier molecular flexibility index (Phi) is 4.33. The summed E-state index contributed by atoms with van der Waals surface area (Å²) in [4.78, 5) is 12.1. The van der Waals surface area contributed by atoms with Gasteiger partial charge in [0.1, 0.15) is 5.75 Å². The molecule has 2 aromatic carbocycles. The fourth-order valence-electron chi connectivity index (χ4n) is 2.07. The molecule has 0 aliphatic rings. The Balaban J connectivity index is 2.18. The quantitative estimate of drug-likeness (QED) is 0.755. The summed E-state index contributed by atoms with van der Waals surface area (Å²) in [6.07, 6.45) is 0. The highest BCUT2D eigenvalue weighted by atomic mass is 16.5. The summed E-state index contributed by atoms with van der Waals surface area (Å²) < 4.78 is 5.20. The molecule has 0 spiro atoms. The molecular weight excluding hydrogens is 266 g/mol. The van der Waals surface area contributed by atoms with Crippen LogP contribution in [-0.2, 0) is 0 Å². The van der Waals surface area contributed by atoms with Crippen LogP contribution in [-0.4, -0.2) is 13.1 Å². The lowest BCUT2D eigenvalue weighted by molar-refractivity contribution is 0.262. The summed E-state index contributed by atoms with van der Waals surface area (Å²) in [5.41, 5.74) is 9.66. The van der Waals surface area contributed by atoms with Gasteiger partial charge in [0, 0.05) is 5.69 Å². The molecule has 0 fully saturated rings. The van der Waals surface area contributed by atoms with Gasteiger partial charge in [-0.15, -0.1) is 0 Å². The van der Waals surface area contributed by atoms with Crippen molar-refractivity contribution in [2.75, 3.05) is 23.5 Å². The van der Waals surface area contributed by atoms with Gasteiger partial charge in [-0.1, -0.05) is 18.2 Å². The molecule has 0 radical (unpaired) electrons. The summed E-state index contributed by atoms with van der Waals surface area (Å²) in [6, 6.07) is 10.6. The number of hydrogen-bond donors (Lipinski definition) is 3. The number of para-hydroxylation sites is 2. The van der Waals surface area contributed by atoms with Crippen molar-refractivity contribution in [2.24, 2.45) is 0 Å². The molecule has 0 saturated carbocycles. The second-order valence-corrected chi connectivity index (χ2v) is 4.75. The highest BCUT2D eigenvalue weighted by Crippen LogP contribution is 2.26. The van der Waals surface area contributed by atoms with Crippen LogP contribution < -0.4 is 21.1 Å². The zero-order valence-corrected chi connectivity index (χ0v) is 12.4. The fourth-order valence-corrected chi connectivity index (χ4v) is 2.07. The van der Waals surface area contributed by atoms with Gasteiger partial charge in [-0.3, -0.25) is 0 Å². The van der Waals surface area contributed by atoms with Gasteiger partial charge < -0.3 is 21.1 Å². The predicted octanol–water partition coefficient (Wildman–Crippen LogP) is 3.54. The Morgan fingerprint density at radius 1 is 1.10 bits per heavy atom. The third kappa shape index (κ3) is 3.25. The average Bonchev–Trinajstić information content (AvgIpc) is 2.48. The van der Waals surface area contributed by atoms with Gasteiger partial charge in [-0.25, -0.2) is 4.79 Å². The number of nitrogens with one attached hydrogen (secondary N) is 2. The molecule has 2 aromatic rings. The number of urea groups is 1. The molecule has 4 N–H and O–H groups in total. The minimum absolute atomic E-state index is 0.337. The van der Waals surface area contributed by atoms with E-state index in [2.05, 4.69) is 10.6 Å². The van der Waals surface area contributed by atoms with Crippen LogP contribution >= 0.6 is 0 Å². The number of carbonyl (C=O) groups excluding carboxylic acids is 1. The van der Waals surface area contributed by atoms with E-state index in [1.54, 1.807) is 19.2 Å². The van der Waals surface area contributed by atoms with E-state index in [0.29, 0.717) is 17.1 Å². The maximum Gasteiger partial charge on any atom is 0.323 e. The molecule has 0 aliphatic carbocycles. The average molecular weight is 285 g/mol. The third-order valence-electron chi connectivity index (χ3n) is 3.31. The number of carbonyl (C=O) groups is 1. The van der Waals surface area contributed by atoms with E-state index in [9.17, 15) is 4.79 Å². The SMILES string of the molecule is COc1ccccc1NC(=O)Nc1c(C)ccc(N)c1C. The predicted molar refractivity (Wildman–Crippen MR) is 86.0 cm³/mol. The van der Waals surface area contributed by atoms with Gasteiger partial charge in [-0.2, -0.15) is 0 Å². The molecule has 5 heteroatoms. The summed E-state index contributed by atoms with van der Waals surface area (Å²) in [5.74, 6) is 0.605. The van der Waals surface area contributed by atoms with E-state index >= 15 is 0 Å². The van der Waals surface area contributed by atoms with Crippen LogP contribution in [0.2, 0.25) is 0 Å². The summed E-state index contributed by atoms with van der Waals surface area (Å²) >= 11 is 0. The molecular formula is C16H19N3O2. The number of nitrogens with two attached hydrogens (primary N) is 1. The lowest BCUT2D eigenvalue weighted by Crippen LogP contribution is -2.21. The van der Waals surface area contributed by atoms with Gasteiger partial charge in [0.05, 0.1) is 18.5 Å². The van der Waals surface area contributed by atoms with Crippen molar-refractivity contribution in [1.82, 2.24) is 0 Å². The first-order valence-electron chi connectivity index (χ1n) is 6.59. The zero-order valence-electron chi connectivity index (χ0n) is 12.4. The number of aryl methyl sites for hydroxylation is 1. The van der Waals surface area contributed by atoms with Crippen LogP contribution in [0.4, 0.5) is 21.9 Å². The Bertz CT molecular complexity index is 669. The number of anilines is 3. The highest BCUT2D eigenvalue weighted by Gasteiger charge is 2.11. The topological polar surface area (TPSA) is 76.4 Å². The lowest BCUT2D eigenvalue weighted by atomic mass is 10.1. The standard InChI is InChI=1S/C16H19N3O2/c1-10-8-9-12(17)11(2)15(10)19-16(20)18-13-6-4-5-7-14(13)21-3/h4-9H,17H2,1-3H3,(H2,18,19,20). The number of ether oxygens (including phenoxy) is 1. The van der Waals surface area contributed by atoms with Crippen LogP contribution in [0.3, 0.4) is 0 Å². The number of rotatable bonds is 3. The van der Waals surface area contributed by atoms with Crippen molar-refractivity contribution >= 4 is 23.1 Å². The number of methoxy groups -OCH3 is 1. The van der Waals surface area contributed by atoms with E-state index in [0.717, 1.165) is 16.8 Å². The normalized spacial score (nSPS) is 10.0. The van der Waals surface area contributed by atoms with E-state index in [1.165, 1.54) is 0 Å². The molecule has 0 aliphatic heterocycles. The first-order chi connectivity index (χ1) is 10.0. The van der Waals surface area contributed by atoms with Crippen molar-refractivity contribution in [3.8, 4) is 5.75 Å². The first kappa shape index (κ1) is 14.7. The number of nitrogen functional groups attached to an aromatic ring is 1. The highest BCUT2D eigenvalue weighted by molar-refractivity contribution is 6.02. The zero-order chi connectivity index (χ0) is 15.4. The van der Waals surface area contributed by atoms with Crippen molar-refractivity contribution in [3.63, 3.8) is 0 Å². The summed E-state index contributed by atoms with van der Waals surface area (Å²) in [7, 11) is 1.56. The fraction of sp³-hybridized carbons (Fsp3) is 0.188. The van der Waals surface area contributed by atoms with Crippen LogP contribution in [0.25, 0.3) is 0 Å². The second kappa shape index (κ2) is 6.17. The molecule has 0 bridgehead atoms. The maximum absolute atomic E-state index is 12.1. The molecule has 0 heterocycles. The van der Waals surface area contributed by atoms with Crippen LogP contribution in [0.1, 0.15) is 11.1 Å². The Hall–Kier alpha value is -2.69. The van der Waals surface area contributed by atoms with Gasteiger partial charge >= 0.3 is 6.03 Å². The van der Waals surface area contributed by atoms with Crippen molar-refractivity contribution in [3.05, 3.63) is 47.5 Å². The number of benzene rings is 2. The first-order valence-corrected chi connectivity index (χ1v) is 6.59. The van der Waals surface area contributed by atoms with Crippen LogP contribution in [0.5, 0.6) is 5.75 Å². The molecule has 0 saturated heterocycles. The van der Waals surface area contributed by atoms with Crippen LogP contribution in [0, 0.1) is 13.8 Å².